The Morgan fingerprint density at radius 3 is 2.10 bits per heavy atom. The van der Waals surface area contributed by atoms with Gasteiger partial charge in [0.15, 0.2) is 5.57 Å². The first kappa shape index (κ1) is 41.9. The van der Waals surface area contributed by atoms with Crippen molar-refractivity contribution < 1.29 is 9.90 Å². The molecule has 9 nitrogen and oxygen atoms in total. The van der Waals surface area contributed by atoms with Gasteiger partial charge in [0, 0.05) is 23.3 Å². The number of thiazole rings is 2. The average Bonchev–Trinajstić information content (AvgIpc) is 4.05. The number of nitrogens with zero attached hydrogens (tertiary/aromatic N) is 5. The first-order valence-corrected chi connectivity index (χ1v) is 22.7. The number of rotatable bonds is 14. The zero-order valence-corrected chi connectivity index (χ0v) is 36.1. The highest BCUT2D eigenvalue weighted by Gasteiger charge is 2.23. The van der Waals surface area contributed by atoms with Crippen molar-refractivity contribution in [2.75, 3.05) is 0 Å². The second-order valence-corrected chi connectivity index (χ2v) is 17.6. The first-order chi connectivity index (χ1) is 30.3. The van der Waals surface area contributed by atoms with Crippen molar-refractivity contribution in [2.24, 2.45) is 0 Å². The van der Waals surface area contributed by atoms with E-state index < -0.39 is 23.6 Å². The SMILES string of the molecule is CCCCCCCCn1c(=C(C#N)C#N)s/c(=c2/s/c(=C/c3ccc4c(c3)c3c(n4-c4ccc(C=C(c5ccccc5)c5ccccc5)cc4)CCC3)c(=O)n2CC(=O)O)c1=O. The molecule has 11 heteroatoms. The van der Waals surface area contributed by atoms with Crippen molar-refractivity contribution in [3.63, 3.8) is 0 Å². The molecule has 0 radical (unpaired) electrons. The van der Waals surface area contributed by atoms with Gasteiger partial charge in [-0.15, -0.1) is 22.7 Å². The van der Waals surface area contributed by atoms with Gasteiger partial charge in [-0.2, -0.15) is 10.5 Å². The summed E-state index contributed by atoms with van der Waals surface area (Å²) in [6.45, 7) is 1.82. The fourth-order valence-corrected chi connectivity index (χ4v) is 10.8. The maximum atomic E-state index is 14.0. The predicted octanol–water partition coefficient (Wildman–Crippen LogP) is 8.91. The largest absolute Gasteiger partial charge is 0.480 e. The van der Waals surface area contributed by atoms with Crippen LogP contribution in [0.15, 0.2) is 113 Å². The van der Waals surface area contributed by atoms with Crippen LogP contribution in [0.2, 0.25) is 0 Å². The van der Waals surface area contributed by atoms with E-state index in [1.807, 2.05) is 30.3 Å². The number of nitriles is 2. The molecular weight excluding hydrogens is 811 g/mol. The summed E-state index contributed by atoms with van der Waals surface area (Å²) in [5, 5.41) is 30.5. The molecule has 0 unspecified atom stereocenters. The van der Waals surface area contributed by atoms with Crippen LogP contribution < -0.4 is 20.3 Å². The van der Waals surface area contributed by atoms with Crippen LogP contribution in [-0.4, -0.2) is 24.8 Å². The highest BCUT2D eigenvalue weighted by atomic mass is 32.1. The summed E-state index contributed by atoms with van der Waals surface area (Å²) in [5.74, 6) is -1.22. The van der Waals surface area contributed by atoms with E-state index in [0.717, 1.165) is 123 Å². The average molecular weight is 856 g/mol. The lowest BCUT2D eigenvalue weighted by molar-refractivity contribution is -0.137. The maximum absolute atomic E-state index is 14.0. The van der Waals surface area contributed by atoms with Gasteiger partial charge in [0.05, 0.1) is 10.0 Å². The number of hydrogen-bond donors (Lipinski definition) is 1. The van der Waals surface area contributed by atoms with Crippen molar-refractivity contribution in [3.8, 4) is 17.8 Å². The predicted molar refractivity (Wildman–Crippen MR) is 248 cm³/mol. The number of fused-ring (bicyclic) bond motifs is 3. The molecule has 0 amide bonds. The number of unbranched alkanes of at least 4 members (excludes halogenated alkanes) is 5. The molecule has 1 aliphatic carbocycles. The first-order valence-electron chi connectivity index (χ1n) is 21.1. The standard InChI is InChI=1S/C51H45N5O4S2/c1-2-3-4-5-6-13-27-54-49(60)47(62-50(54)38(31-52)32-53)51-55(33-46(57)58)48(59)45(61-51)30-35-23-26-44-42(29-35)40-19-14-20-43(40)56(44)39-24-21-34(22-25-39)28-41(36-15-9-7-10-16-36)37-17-11-8-12-18-37/h7-12,15-18,21-26,28-30H,2-6,13-14,19-20,27,33H2,1H3,(H,57,58)/b45-30+,51-47+. The molecule has 4 aromatic carbocycles. The molecule has 0 fully saturated rings. The summed E-state index contributed by atoms with van der Waals surface area (Å²) >= 11 is 2.02. The van der Waals surface area contributed by atoms with E-state index in [9.17, 15) is 30.0 Å². The lowest BCUT2D eigenvalue weighted by atomic mass is 9.96. The van der Waals surface area contributed by atoms with Crippen LogP contribution in [0.25, 0.3) is 39.9 Å². The summed E-state index contributed by atoms with van der Waals surface area (Å²) < 4.78 is 5.74. The highest BCUT2D eigenvalue weighted by molar-refractivity contribution is 7.11. The molecule has 62 heavy (non-hydrogen) atoms. The maximum Gasteiger partial charge on any atom is 0.323 e. The molecule has 1 N–H and O–H groups in total. The van der Waals surface area contributed by atoms with Crippen molar-refractivity contribution in [1.29, 1.82) is 10.5 Å². The molecule has 0 spiro atoms. The minimum absolute atomic E-state index is 0.139. The molecule has 0 saturated carbocycles. The third kappa shape index (κ3) is 8.55. The van der Waals surface area contributed by atoms with E-state index in [0.29, 0.717) is 13.0 Å². The van der Waals surface area contributed by atoms with Crippen molar-refractivity contribution in [2.45, 2.75) is 77.8 Å². The van der Waals surface area contributed by atoms with Crippen LogP contribution in [0.5, 0.6) is 0 Å². The lowest BCUT2D eigenvalue weighted by Gasteiger charge is -2.12. The summed E-state index contributed by atoms with van der Waals surface area (Å²) in [6, 6.07) is 39.4. The zero-order chi connectivity index (χ0) is 43.2. The second kappa shape index (κ2) is 18.9. The Kier molecular flexibility index (Phi) is 12.8. The summed E-state index contributed by atoms with van der Waals surface area (Å²) in [6.07, 6.45) is 12.8. The van der Waals surface area contributed by atoms with E-state index in [2.05, 4.69) is 102 Å². The number of benzene rings is 4. The van der Waals surface area contributed by atoms with Gasteiger partial charge in [-0.25, -0.2) is 0 Å². The van der Waals surface area contributed by atoms with Crippen molar-refractivity contribution in [3.05, 3.63) is 176 Å². The number of carboxylic acid groups (broad SMARTS) is 1. The lowest BCUT2D eigenvalue weighted by Crippen LogP contribution is -2.30. The molecule has 3 aromatic heterocycles. The number of aliphatic carboxylic acids is 1. The normalized spacial score (nSPS) is 12.9. The number of carboxylic acids is 1. The minimum atomic E-state index is -1.22. The number of carbonyl (C=O) groups is 1. The van der Waals surface area contributed by atoms with Gasteiger partial charge < -0.3 is 9.67 Å². The number of aryl methyl sites for hydroxylation is 1. The minimum Gasteiger partial charge on any atom is -0.480 e. The van der Waals surface area contributed by atoms with E-state index >= 15 is 0 Å². The van der Waals surface area contributed by atoms with Crippen LogP contribution >= 0.6 is 22.7 Å². The Bertz CT molecular complexity index is 3210. The summed E-state index contributed by atoms with van der Waals surface area (Å²) in [4.78, 5) is 40.1. The van der Waals surface area contributed by atoms with Gasteiger partial charge in [-0.3, -0.25) is 23.5 Å². The van der Waals surface area contributed by atoms with Crippen LogP contribution in [0.4, 0.5) is 0 Å². The van der Waals surface area contributed by atoms with Crippen LogP contribution in [-0.2, 0) is 30.7 Å². The van der Waals surface area contributed by atoms with E-state index in [1.54, 1.807) is 6.08 Å². The van der Waals surface area contributed by atoms with Crippen molar-refractivity contribution >= 4 is 62.8 Å². The molecular formula is C51H45N5O4S2. The Morgan fingerprint density at radius 2 is 1.44 bits per heavy atom. The fraction of sp³-hybridized carbons (Fsp3) is 0.235. The molecule has 8 rings (SSSR count). The molecule has 1 aliphatic rings. The van der Waals surface area contributed by atoms with Crippen LogP contribution in [0.1, 0.15) is 85.4 Å². The molecule has 310 valence electrons. The summed E-state index contributed by atoms with van der Waals surface area (Å²) in [5.41, 5.74) is 8.85. The van der Waals surface area contributed by atoms with E-state index in [1.165, 1.54) is 15.8 Å². The van der Waals surface area contributed by atoms with Gasteiger partial charge in [0.2, 0.25) is 0 Å². The third-order valence-electron chi connectivity index (χ3n) is 11.4. The quantitative estimate of drug-likeness (QED) is 0.0858. The fourth-order valence-electron chi connectivity index (χ4n) is 8.46. The van der Waals surface area contributed by atoms with E-state index in [4.69, 9.17) is 0 Å². The van der Waals surface area contributed by atoms with E-state index in [-0.39, 0.29) is 24.0 Å². The monoisotopic (exact) mass is 855 g/mol. The summed E-state index contributed by atoms with van der Waals surface area (Å²) in [7, 11) is 0. The van der Waals surface area contributed by atoms with Crippen molar-refractivity contribution in [1.82, 2.24) is 13.7 Å². The smallest absolute Gasteiger partial charge is 0.323 e. The number of hydrogen-bond acceptors (Lipinski definition) is 7. The van der Waals surface area contributed by atoms with Gasteiger partial charge >= 0.3 is 5.97 Å². The Balaban J connectivity index is 1.20. The highest BCUT2D eigenvalue weighted by Crippen LogP contribution is 2.36. The Morgan fingerprint density at radius 1 is 0.774 bits per heavy atom. The second-order valence-electron chi connectivity index (χ2n) is 15.5. The number of aromatic nitrogens is 3. The molecule has 0 bridgehead atoms. The molecule has 7 aromatic rings. The topological polar surface area (TPSA) is 134 Å². The molecule has 0 saturated heterocycles. The Labute approximate surface area is 366 Å². The van der Waals surface area contributed by atoms with Gasteiger partial charge in [-0.05, 0) is 95.5 Å². The van der Waals surface area contributed by atoms with Gasteiger partial charge in [-0.1, -0.05) is 118 Å². The van der Waals surface area contributed by atoms with Crippen LogP contribution in [0.3, 0.4) is 0 Å². The van der Waals surface area contributed by atoms with Crippen LogP contribution in [0, 0.1) is 31.9 Å². The van der Waals surface area contributed by atoms with Gasteiger partial charge in [0.1, 0.15) is 32.5 Å². The molecule has 0 atom stereocenters. The zero-order valence-electron chi connectivity index (χ0n) is 34.5. The molecule has 0 aliphatic heterocycles. The Hall–Kier alpha value is -6.79. The van der Waals surface area contributed by atoms with Gasteiger partial charge in [0.25, 0.3) is 11.1 Å². The molecule has 3 heterocycles. The third-order valence-corrected chi connectivity index (χ3v) is 13.9.